The lowest BCUT2D eigenvalue weighted by Gasteiger charge is -2.14. The largest absolute Gasteiger partial charge is 0.371 e. The van der Waals surface area contributed by atoms with E-state index in [1.54, 1.807) is 6.20 Å². The van der Waals surface area contributed by atoms with Crippen LogP contribution in [0.25, 0.3) is 0 Å². The number of carbonyl (C=O) groups is 1. The molecule has 1 rings (SSSR count). The van der Waals surface area contributed by atoms with Crippen molar-refractivity contribution in [3.05, 3.63) is 23.3 Å². The summed E-state index contributed by atoms with van der Waals surface area (Å²) in [4.78, 5) is 19.8. The molecule has 0 aromatic carbocycles. The molecule has 1 aromatic rings. The van der Waals surface area contributed by atoms with Gasteiger partial charge in [-0.15, -0.1) is 0 Å². The van der Waals surface area contributed by atoms with Gasteiger partial charge in [-0.25, -0.2) is 9.97 Å². The normalized spacial score (nSPS) is 12.5. The summed E-state index contributed by atoms with van der Waals surface area (Å²) in [5.74, 6) is 0.653. The summed E-state index contributed by atoms with van der Waals surface area (Å²) in [6.45, 7) is 7.94. The number of ketones is 1. The fourth-order valence-electron chi connectivity index (χ4n) is 1.56. The molecule has 88 valence electrons. The van der Waals surface area contributed by atoms with Crippen LogP contribution in [0.15, 0.2) is 6.20 Å². The van der Waals surface area contributed by atoms with Gasteiger partial charge in [0.1, 0.15) is 6.10 Å². The van der Waals surface area contributed by atoms with E-state index in [1.807, 2.05) is 20.8 Å². The number of carbonyl (C=O) groups excluding carboxylic acids is 1. The van der Waals surface area contributed by atoms with Gasteiger partial charge in [-0.3, -0.25) is 4.79 Å². The number of ether oxygens (including phenoxy) is 1. The maximum Gasteiger partial charge on any atom is 0.163 e. The Morgan fingerprint density at radius 2 is 2.19 bits per heavy atom. The Morgan fingerprint density at radius 3 is 2.62 bits per heavy atom. The molecule has 0 radical (unpaired) electrons. The number of aromatic nitrogens is 2. The van der Waals surface area contributed by atoms with Crippen LogP contribution < -0.4 is 0 Å². The van der Waals surface area contributed by atoms with Crippen molar-refractivity contribution in [1.29, 1.82) is 0 Å². The van der Waals surface area contributed by atoms with Crippen molar-refractivity contribution in [2.75, 3.05) is 6.61 Å². The van der Waals surface area contributed by atoms with Gasteiger partial charge in [0.2, 0.25) is 0 Å². The highest BCUT2D eigenvalue weighted by Gasteiger charge is 2.14. The SMILES string of the molecule is CCOC(CC)c1ncc(C(C)=O)c(C)n1. The zero-order chi connectivity index (χ0) is 12.1. The van der Waals surface area contributed by atoms with Crippen LogP contribution >= 0.6 is 0 Å². The average molecular weight is 222 g/mol. The zero-order valence-electron chi connectivity index (χ0n) is 10.3. The highest BCUT2D eigenvalue weighted by atomic mass is 16.5. The molecule has 16 heavy (non-hydrogen) atoms. The molecule has 0 aliphatic carbocycles. The van der Waals surface area contributed by atoms with Crippen LogP contribution in [-0.4, -0.2) is 22.4 Å². The van der Waals surface area contributed by atoms with Crippen LogP contribution in [-0.2, 0) is 4.74 Å². The summed E-state index contributed by atoms with van der Waals surface area (Å²) in [7, 11) is 0. The van der Waals surface area contributed by atoms with Crippen molar-refractivity contribution in [3.63, 3.8) is 0 Å². The third-order valence-electron chi connectivity index (χ3n) is 2.40. The first-order chi connectivity index (χ1) is 7.60. The van der Waals surface area contributed by atoms with Crippen molar-refractivity contribution in [2.24, 2.45) is 0 Å². The van der Waals surface area contributed by atoms with E-state index in [9.17, 15) is 4.79 Å². The topological polar surface area (TPSA) is 52.1 Å². The van der Waals surface area contributed by atoms with Gasteiger partial charge in [-0.1, -0.05) is 6.92 Å². The lowest BCUT2D eigenvalue weighted by Crippen LogP contribution is -2.11. The van der Waals surface area contributed by atoms with E-state index in [1.165, 1.54) is 6.92 Å². The maximum atomic E-state index is 11.2. The van der Waals surface area contributed by atoms with Crippen LogP contribution in [0.5, 0.6) is 0 Å². The number of hydrogen-bond donors (Lipinski definition) is 0. The Hall–Kier alpha value is -1.29. The summed E-state index contributed by atoms with van der Waals surface area (Å²) < 4.78 is 5.52. The zero-order valence-corrected chi connectivity index (χ0v) is 10.3. The second-order valence-electron chi connectivity index (χ2n) is 3.64. The van der Waals surface area contributed by atoms with Gasteiger partial charge in [0, 0.05) is 12.8 Å². The molecule has 1 heterocycles. The fraction of sp³-hybridized carbons (Fsp3) is 0.583. The number of aryl methyl sites for hydroxylation is 1. The fourth-order valence-corrected chi connectivity index (χ4v) is 1.56. The molecular weight excluding hydrogens is 204 g/mol. The molecular formula is C12H18N2O2. The van der Waals surface area contributed by atoms with Crippen LogP contribution in [0.3, 0.4) is 0 Å². The first-order valence-corrected chi connectivity index (χ1v) is 5.56. The molecule has 0 spiro atoms. The van der Waals surface area contributed by atoms with E-state index in [-0.39, 0.29) is 11.9 Å². The van der Waals surface area contributed by atoms with Crippen molar-refractivity contribution < 1.29 is 9.53 Å². The minimum atomic E-state index is -0.0790. The van der Waals surface area contributed by atoms with Crippen molar-refractivity contribution >= 4 is 5.78 Å². The van der Waals surface area contributed by atoms with Gasteiger partial charge in [0.25, 0.3) is 0 Å². The van der Waals surface area contributed by atoms with Gasteiger partial charge in [-0.2, -0.15) is 0 Å². The molecule has 0 bridgehead atoms. The third kappa shape index (κ3) is 2.85. The molecule has 0 saturated carbocycles. The van der Waals surface area contributed by atoms with E-state index < -0.39 is 0 Å². The van der Waals surface area contributed by atoms with Gasteiger partial charge < -0.3 is 4.74 Å². The van der Waals surface area contributed by atoms with Crippen LogP contribution in [0.4, 0.5) is 0 Å². The summed E-state index contributed by atoms with van der Waals surface area (Å²) in [5.41, 5.74) is 1.30. The first-order valence-electron chi connectivity index (χ1n) is 5.56. The van der Waals surface area contributed by atoms with Crippen LogP contribution in [0.2, 0.25) is 0 Å². The molecule has 1 atom stereocenters. The number of rotatable bonds is 5. The predicted octanol–water partition coefficient (Wildman–Crippen LogP) is 2.48. The molecule has 1 aromatic heterocycles. The summed E-state index contributed by atoms with van der Waals surface area (Å²) in [6.07, 6.45) is 2.33. The van der Waals surface area contributed by atoms with Crippen molar-refractivity contribution in [1.82, 2.24) is 9.97 Å². The molecule has 0 saturated heterocycles. The Kier molecular flexibility index (Phi) is 4.55. The number of hydrogen-bond acceptors (Lipinski definition) is 4. The molecule has 0 amide bonds. The van der Waals surface area contributed by atoms with Crippen LogP contribution in [0.1, 0.15) is 55.2 Å². The lowest BCUT2D eigenvalue weighted by atomic mass is 10.1. The molecule has 4 nitrogen and oxygen atoms in total. The Labute approximate surface area is 96.1 Å². The number of nitrogens with zero attached hydrogens (tertiary/aromatic N) is 2. The molecule has 0 N–H and O–H groups in total. The lowest BCUT2D eigenvalue weighted by molar-refractivity contribution is 0.0533. The van der Waals surface area contributed by atoms with Crippen molar-refractivity contribution in [2.45, 2.75) is 40.2 Å². The molecule has 4 heteroatoms. The standard InChI is InChI=1S/C12H18N2O2/c1-5-11(16-6-2)12-13-7-10(9(4)15)8(3)14-12/h7,11H,5-6H2,1-4H3. The van der Waals surface area contributed by atoms with E-state index >= 15 is 0 Å². The van der Waals surface area contributed by atoms with E-state index in [4.69, 9.17) is 4.74 Å². The van der Waals surface area contributed by atoms with Crippen LogP contribution in [0, 0.1) is 6.92 Å². The van der Waals surface area contributed by atoms with Gasteiger partial charge in [0.15, 0.2) is 11.6 Å². The monoisotopic (exact) mass is 222 g/mol. The van der Waals surface area contributed by atoms with Gasteiger partial charge in [-0.05, 0) is 27.2 Å². The minimum Gasteiger partial charge on any atom is -0.371 e. The highest BCUT2D eigenvalue weighted by Crippen LogP contribution is 2.18. The van der Waals surface area contributed by atoms with Gasteiger partial charge >= 0.3 is 0 Å². The average Bonchev–Trinajstić information content (AvgIpc) is 2.25. The van der Waals surface area contributed by atoms with E-state index in [0.717, 1.165) is 12.1 Å². The molecule has 0 fully saturated rings. The molecule has 0 aliphatic heterocycles. The Morgan fingerprint density at radius 1 is 1.50 bits per heavy atom. The van der Waals surface area contributed by atoms with Crippen molar-refractivity contribution in [3.8, 4) is 0 Å². The summed E-state index contributed by atoms with van der Waals surface area (Å²) in [6, 6.07) is 0. The first kappa shape index (κ1) is 12.8. The molecule has 0 aliphatic rings. The Bertz CT molecular complexity index is 377. The second-order valence-corrected chi connectivity index (χ2v) is 3.64. The third-order valence-corrected chi connectivity index (χ3v) is 2.40. The Balaban J connectivity index is 2.99. The second kappa shape index (κ2) is 5.70. The minimum absolute atomic E-state index is 0.00601. The highest BCUT2D eigenvalue weighted by molar-refractivity contribution is 5.94. The summed E-state index contributed by atoms with van der Waals surface area (Å²) >= 11 is 0. The molecule has 1 unspecified atom stereocenters. The smallest absolute Gasteiger partial charge is 0.163 e. The number of Topliss-reactive ketones (excluding diaryl/α,β-unsaturated/α-hetero) is 1. The summed E-state index contributed by atoms with van der Waals surface area (Å²) in [5, 5.41) is 0. The predicted molar refractivity (Wildman–Crippen MR) is 61.4 cm³/mol. The maximum absolute atomic E-state index is 11.2. The quantitative estimate of drug-likeness (QED) is 0.718. The van der Waals surface area contributed by atoms with E-state index in [2.05, 4.69) is 9.97 Å². The van der Waals surface area contributed by atoms with E-state index in [0.29, 0.717) is 18.0 Å². The van der Waals surface area contributed by atoms with Gasteiger partial charge in [0.05, 0.1) is 11.3 Å².